The van der Waals surface area contributed by atoms with Crippen molar-refractivity contribution in [3.63, 3.8) is 0 Å². The first kappa shape index (κ1) is 12.6. The Morgan fingerprint density at radius 3 is 2.60 bits per heavy atom. The average Bonchev–Trinajstić information content (AvgIpc) is 3.08. The van der Waals surface area contributed by atoms with E-state index in [0.717, 1.165) is 4.88 Å². The number of carboxylic acids is 1. The van der Waals surface area contributed by atoms with Crippen molar-refractivity contribution in [2.75, 3.05) is 0 Å². The van der Waals surface area contributed by atoms with Crippen LogP contribution in [0.5, 0.6) is 0 Å². The van der Waals surface area contributed by atoms with Crippen LogP contribution in [0.1, 0.15) is 10.4 Å². The molecule has 0 spiro atoms. The van der Waals surface area contributed by atoms with Crippen LogP contribution in [0.2, 0.25) is 0 Å². The van der Waals surface area contributed by atoms with Crippen LogP contribution in [0.4, 0.5) is 4.39 Å². The molecule has 100 valence electrons. The Morgan fingerprint density at radius 1 is 1.25 bits per heavy atom. The fourth-order valence-electron chi connectivity index (χ4n) is 1.85. The van der Waals surface area contributed by atoms with Gasteiger partial charge in [0.05, 0.1) is 10.6 Å². The summed E-state index contributed by atoms with van der Waals surface area (Å²) in [4.78, 5) is 12.1. The van der Waals surface area contributed by atoms with Crippen LogP contribution in [-0.2, 0) is 0 Å². The number of carboxylic acid groups (broad SMARTS) is 1. The van der Waals surface area contributed by atoms with Crippen LogP contribution in [0, 0.1) is 5.82 Å². The van der Waals surface area contributed by atoms with Crippen molar-refractivity contribution in [3.8, 4) is 16.3 Å². The van der Waals surface area contributed by atoms with Crippen molar-refractivity contribution < 1.29 is 14.3 Å². The van der Waals surface area contributed by atoms with Gasteiger partial charge < -0.3 is 5.11 Å². The highest BCUT2D eigenvalue weighted by Crippen LogP contribution is 2.27. The maximum atomic E-state index is 12.9. The van der Waals surface area contributed by atoms with E-state index in [1.54, 1.807) is 12.1 Å². The van der Waals surface area contributed by atoms with Gasteiger partial charge in [0, 0.05) is 6.20 Å². The number of benzene rings is 1. The molecular formula is C14H9FN2O2S. The number of rotatable bonds is 3. The number of aromatic carboxylic acids is 1. The SMILES string of the molecule is O=C(O)c1cn(-c2ccc(F)cc2)nc1-c1cccs1. The van der Waals surface area contributed by atoms with Gasteiger partial charge >= 0.3 is 5.97 Å². The predicted octanol–water partition coefficient (Wildman–Crippen LogP) is 3.44. The summed E-state index contributed by atoms with van der Waals surface area (Å²) >= 11 is 1.42. The topological polar surface area (TPSA) is 55.1 Å². The summed E-state index contributed by atoms with van der Waals surface area (Å²) in [5.41, 5.74) is 1.14. The Kier molecular flexibility index (Phi) is 3.08. The minimum atomic E-state index is -1.04. The molecule has 6 heteroatoms. The number of hydrogen-bond donors (Lipinski definition) is 1. The lowest BCUT2D eigenvalue weighted by molar-refractivity contribution is 0.0697. The highest BCUT2D eigenvalue weighted by molar-refractivity contribution is 7.13. The monoisotopic (exact) mass is 288 g/mol. The molecular weight excluding hydrogens is 279 g/mol. The molecule has 2 aromatic heterocycles. The molecule has 4 nitrogen and oxygen atoms in total. The summed E-state index contributed by atoms with van der Waals surface area (Å²) in [6.45, 7) is 0. The van der Waals surface area contributed by atoms with Crippen LogP contribution in [-0.4, -0.2) is 20.9 Å². The van der Waals surface area contributed by atoms with Gasteiger partial charge in [0.2, 0.25) is 0 Å². The Morgan fingerprint density at radius 2 is 2.00 bits per heavy atom. The van der Waals surface area contributed by atoms with Crippen molar-refractivity contribution in [3.05, 3.63) is 59.4 Å². The van der Waals surface area contributed by atoms with E-state index in [2.05, 4.69) is 5.10 Å². The molecule has 1 N–H and O–H groups in total. The van der Waals surface area contributed by atoms with Gasteiger partial charge in [-0.1, -0.05) is 6.07 Å². The van der Waals surface area contributed by atoms with Crippen LogP contribution in [0.3, 0.4) is 0 Å². The Hall–Kier alpha value is -2.47. The van der Waals surface area contributed by atoms with Crippen molar-refractivity contribution in [1.82, 2.24) is 9.78 Å². The number of hydrogen-bond acceptors (Lipinski definition) is 3. The maximum Gasteiger partial charge on any atom is 0.339 e. The van der Waals surface area contributed by atoms with Crippen molar-refractivity contribution in [2.45, 2.75) is 0 Å². The average molecular weight is 288 g/mol. The Labute approximate surface area is 117 Å². The van der Waals surface area contributed by atoms with Gasteiger partial charge in [-0.2, -0.15) is 5.10 Å². The summed E-state index contributed by atoms with van der Waals surface area (Å²) in [6, 6.07) is 9.36. The van der Waals surface area contributed by atoms with Gasteiger partial charge in [0.1, 0.15) is 17.1 Å². The first-order valence-corrected chi connectivity index (χ1v) is 6.66. The van der Waals surface area contributed by atoms with Crippen molar-refractivity contribution in [1.29, 1.82) is 0 Å². The lowest BCUT2D eigenvalue weighted by Gasteiger charge is -1.99. The van der Waals surface area contributed by atoms with Gasteiger partial charge in [-0.25, -0.2) is 13.9 Å². The molecule has 3 rings (SSSR count). The molecule has 20 heavy (non-hydrogen) atoms. The van der Waals surface area contributed by atoms with E-state index in [1.165, 1.54) is 34.3 Å². The van der Waals surface area contributed by atoms with Crippen molar-refractivity contribution >= 4 is 17.3 Å². The van der Waals surface area contributed by atoms with E-state index in [4.69, 9.17) is 0 Å². The van der Waals surface area contributed by atoms with Gasteiger partial charge in [-0.3, -0.25) is 0 Å². The minimum absolute atomic E-state index is 0.122. The molecule has 0 bridgehead atoms. The van der Waals surface area contributed by atoms with Crippen LogP contribution < -0.4 is 0 Å². The zero-order valence-corrected chi connectivity index (χ0v) is 11.0. The molecule has 0 amide bonds. The number of carbonyl (C=O) groups is 1. The zero-order valence-electron chi connectivity index (χ0n) is 10.2. The Bertz CT molecular complexity index is 748. The second-order valence-electron chi connectivity index (χ2n) is 4.09. The minimum Gasteiger partial charge on any atom is -0.478 e. The molecule has 0 radical (unpaired) electrons. The van der Waals surface area contributed by atoms with E-state index < -0.39 is 5.97 Å². The standard InChI is InChI=1S/C14H9FN2O2S/c15-9-3-5-10(6-4-9)17-8-11(14(18)19)13(16-17)12-2-1-7-20-12/h1-8H,(H,18,19). The lowest BCUT2D eigenvalue weighted by atomic mass is 10.2. The third-order valence-corrected chi connectivity index (χ3v) is 3.67. The van der Waals surface area contributed by atoms with Gasteiger partial charge in [-0.15, -0.1) is 11.3 Å². The van der Waals surface area contributed by atoms with E-state index in [1.807, 2.05) is 17.5 Å². The van der Waals surface area contributed by atoms with Crippen LogP contribution in [0.25, 0.3) is 16.3 Å². The smallest absolute Gasteiger partial charge is 0.339 e. The van der Waals surface area contributed by atoms with E-state index in [9.17, 15) is 14.3 Å². The normalized spacial score (nSPS) is 10.7. The number of thiophene rings is 1. The number of halogens is 1. The van der Waals surface area contributed by atoms with E-state index in [-0.39, 0.29) is 11.4 Å². The Balaban J connectivity index is 2.12. The molecule has 0 saturated heterocycles. The number of aromatic nitrogens is 2. The first-order chi connectivity index (χ1) is 9.65. The summed E-state index contributed by atoms with van der Waals surface area (Å²) in [5, 5.41) is 15.4. The summed E-state index contributed by atoms with van der Waals surface area (Å²) in [5.74, 6) is -1.39. The van der Waals surface area contributed by atoms with Crippen LogP contribution in [0.15, 0.2) is 48.0 Å². The second-order valence-corrected chi connectivity index (χ2v) is 5.04. The molecule has 0 atom stereocenters. The molecule has 0 aliphatic heterocycles. The van der Waals surface area contributed by atoms with Crippen molar-refractivity contribution in [2.24, 2.45) is 0 Å². The summed E-state index contributed by atoms with van der Waals surface area (Å²) in [7, 11) is 0. The third kappa shape index (κ3) is 2.21. The lowest BCUT2D eigenvalue weighted by Crippen LogP contribution is -1.96. The third-order valence-electron chi connectivity index (χ3n) is 2.79. The first-order valence-electron chi connectivity index (χ1n) is 5.78. The quantitative estimate of drug-likeness (QED) is 0.803. The van der Waals surface area contributed by atoms with Gasteiger partial charge in [-0.05, 0) is 35.7 Å². The summed E-state index contributed by atoms with van der Waals surface area (Å²) < 4.78 is 14.4. The fraction of sp³-hybridized carbons (Fsp3) is 0. The van der Waals surface area contributed by atoms with E-state index >= 15 is 0 Å². The fourth-order valence-corrected chi connectivity index (χ4v) is 2.58. The molecule has 0 saturated carbocycles. The molecule has 3 aromatic rings. The molecule has 0 fully saturated rings. The van der Waals surface area contributed by atoms with E-state index in [0.29, 0.717) is 11.4 Å². The molecule has 1 aromatic carbocycles. The summed E-state index contributed by atoms with van der Waals surface area (Å²) in [6.07, 6.45) is 1.44. The van der Waals surface area contributed by atoms with Gasteiger partial charge in [0.15, 0.2) is 0 Å². The molecule has 2 heterocycles. The molecule has 0 aliphatic carbocycles. The highest BCUT2D eigenvalue weighted by Gasteiger charge is 2.18. The van der Waals surface area contributed by atoms with Crippen LogP contribution >= 0.6 is 11.3 Å². The zero-order chi connectivity index (χ0) is 14.1. The van der Waals surface area contributed by atoms with Gasteiger partial charge in [0.25, 0.3) is 0 Å². The molecule has 0 aliphatic rings. The molecule has 0 unspecified atom stereocenters. The highest BCUT2D eigenvalue weighted by atomic mass is 32.1. The number of nitrogens with zero attached hydrogens (tertiary/aromatic N) is 2. The predicted molar refractivity (Wildman–Crippen MR) is 73.8 cm³/mol. The second kappa shape index (κ2) is 4.90. The largest absolute Gasteiger partial charge is 0.478 e. The maximum absolute atomic E-state index is 12.9.